The van der Waals surface area contributed by atoms with E-state index >= 15 is 0 Å². The molecule has 1 heterocycles. The van der Waals surface area contributed by atoms with Crippen LogP contribution in [0.1, 0.15) is 43.2 Å². The molecule has 0 amide bonds. The molecule has 4 N–H and O–H groups in total. The van der Waals surface area contributed by atoms with Gasteiger partial charge in [-0.15, -0.1) is 0 Å². The van der Waals surface area contributed by atoms with Gasteiger partial charge in [-0.05, 0) is 67.8 Å². The highest BCUT2D eigenvalue weighted by Crippen LogP contribution is 2.33. The first kappa shape index (κ1) is 24.0. The van der Waals surface area contributed by atoms with Crippen molar-refractivity contribution in [2.75, 3.05) is 17.7 Å². The van der Waals surface area contributed by atoms with Crippen LogP contribution < -0.4 is 16.4 Å². The third-order valence-corrected chi connectivity index (χ3v) is 6.03. The van der Waals surface area contributed by atoms with Gasteiger partial charge in [-0.25, -0.2) is 9.37 Å². The highest BCUT2D eigenvalue weighted by Gasteiger charge is 2.15. The second kappa shape index (κ2) is 11.8. The van der Waals surface area contributed by atoms with E-state index in [9.17, 15) is 4.39 Å². The molecule has 1 aromatic heterocycles. The topological polar surface area (TPSA) is 63.0 Å². The molecule has 3 aromatic rings. The van der Waals surface area contributed by atoms with Crippen LogP contribution in [0.4, 0.5) is 15.9 Å². The van der Waals surface area contributed by atoms with E-state index in [4.69, 9.17) is 11.6 Å². The molecule has 0 atom stereocenters. The van der Waals surface area contributed by atoms with Gasteiger partial charge in [0, 0.05) is 30.0 Å². The van der Waals surface area contributed by atoms with E-state index in [2.05, 4.69) is 46.5 Å². The summed E-state index contributed by atoms with van der Waals surface area (Å²) in [5.41, 5.74) is 9.52. The fraction of sp³-hybridized carbons (Fsp3) is 0.346. The minimum absolute atomic E-state index is 0.221. The van der Waals surface area contributed by atoms with E-state index in [1.54, 1.807) is 18.3 Å². The largest absolute Gasteiger partial charge is 0.381 e. The Kier molecular flexibility index (Phi) is 8.89. The Bertz CT molecular complexity index is 1020. The van der Waals surface area contributed by atoms with Crippen LogP contribution in [0.5, 0.6) is 0 Å². The first-order valence-corrected chi connectivity index (χ1v) is 11.6. The highest BCUT2D eigenvalue weighted by atomic mass is 35.5. The van der Waals surface area contributed by atoms with Crippen LogP contribution in [0.25, 0.3) is 11.1 Å². The number of hydrogen-bond donors (Lipinski definition) is 3. The lowest BCUT2D eigenvalue weighted by Gasteiger charge is -2.23. The van der Waals surface area contributed by atoms with Crippen LogP contribution >= 0.6 is 11.6 Å². The number of halogens is 2. The van der Waals surface area contributed by atoms with Crippen molar-refractivity contribution in [3.05, 3.63) is 76.7 Å². The Balaban J connectivity index is 0.00000141. The van der Waals surface area contributed by atoms with E-state index in [0.29, 0.717) is 17.6 Å². The Morgan fingerprint density at radius 3 is 2.59 bits per heavy atom. The van der Waals surface area contributed by atoms with Crippen LogP contribution in [-0.4, -0.2) is 18.1 Å². The van der Waals surface area contributed by atoms with E-state index in [-0.39, 0.29) is 5.82 Å². The second-order valence-corrected chi connectivity index (χ2v) is 8.45. The molecule has 32 heavy (non-hydrogen) atoms. The molecular weight excluding hydrogens is 423 g/mol. The summed E-state index contributed by atoms with van der Waals surface area (Å²) in [6.07, 6.45) is 7.98. The maximum atomic E-state index is 13.5. The van der Waals surface area contributed by atoms with Crippen LogP contribution in [0.3, 0.4) is 0 Å². The number of pyridine rings is 1. The molecule has 0 unspecified atom stereocenters. The molecule has 6 heteroatoms. The Morgan fingerprint density at radius 1 is 1.06 bits per heavy atom. The first-order chi connectivity index (χ1) is 15.6. The van der Waals surface area contributed by atoms with Crippen molar-refractivity contribution < 1.29 is 4.39 Å². The maximum absolute atomic E-state index is 13.5. The molecule has 0 radical (unpaired) electrons. The van der Waals surface area contributed by atoms with Crippen molar-refractivity contribution in [1.29, 1.82) is 0 Å². The third-order valence-electron chi connectivity index (χ3n) is 5.73. The number of nitrogens with one attached hydrogen (secondary N) is 2. The zero-order chi connectivity index (χ0) is 22.9. The van der Waals surface area contributed by atoms with Gasteiger partial charge in [0.15, 0.2) is 0 Å². The van der Waals surface area contributed by atoms with Crippen LogP contribution in [0.15, 0.2) is 54.7 Å². The van der Waals surface area contributed by atoms with Crippen molar-refractivity contribution in [3.63, 3.8) is 0 Å². The summed E-state index contributed by atoms with van der Waals surface area (Å²) in [4.78, 5) is 4.49. The zero-order valence-corrected chi connectivity index (χ0v) is 19.6. The van der Waals surface area contributed by atoms with Crippen molar-refractivity contribution in [3.8, 4) is 11.1 Å². The average Bonchev–Trinajstić information content (AvgIpc) is 2.82. The Labute approximate surface area is 195 Å². The Hall–Kier alpha value is -2.63. The van der Waals surface area contributed by atoms with Gasteiger partial charge in [0.2, 0.25) is 0 Å². The number of aromatic nitrogens is 1. The molecule has 0 spiro atoms. The molecule has 1 saturated carbocycles. The third kappa shape index (κ3) is 6.44. The standard InChI is InChI=1S/C25H27ClFN3.CH5N/c1-17-10-11-19(13-24(17)28-15-18-6-5-7-20(27)12-18)22-14-25(29-16-23(22)26)30-21-8-3-2-4-9-21;1-2/h5-7,10-14,16,21,28H,2-4,8-9,15H2,1H3,(H,29,30);2H2,1H3. The lowest BCUT2D eigenvalue weighted by Crippen LogP contribution is -2.22. The van der Waals surface area contributed by atoms with Gasteiger partial charge in [0.25, 0.3) is 0 Å². The number of anilines is 2. The Morgan fingerprint density at radius 2 is 1.84 bits per heavy atom. The van der Waals surface area contributed by atoms with Gasteiger partial charge in [0.05, 0.1) is 5.02 Å². The molecule has 1 aliphatic carbocycles. The number of benzene rings is 2. The molecule has 0 saturated heterocycles. The average molecular weight is 455 g/mol. The van der Waals surface area contributed by atoms with Crippen molar-refractivity contribution in [2.24, 2.45) is 5.73 Å². The first-order valence-electron chi connectivity index (χ1n) is 11.2. The lowest BCUT2D eigenvalue weighted by molar-refractivity contribution is 0.462. The van der Waals surface area contributed by atoms with E-state index in [1.165, 1.54) is 45.2 Å². The molecule has 1 fully saturated rings. The molecule has 4 rings (SSSR count). The minimum Gasteiger partial charge on any atom is -0.381 e. The lowest BCUT2D eigenvalue weighted by atomic mass is 9.95. The van der Waals surface area contributed by atoms with Gasteiger partial charge < -0.3 is 16.4 Å². The van der Waals surface area contributed by atoms with Gasteiger partial charge >= 0.3 is 0 Å². The number of nitrogens with two attached hydrogens (primary N) is 1. The molecule has 0 aliphatic heterocycles. The van der Waals surface area contributed by atoms with E-state index in [0.717, 1.165) is 33.8 Å². The summed E-state index contributed by atoms with van der Waals surface area (Å²) in [5.74, 6) is 0.650. The summed E-state index contributed by atoms with van der Waals surface area (Å²) in [7, 11) is 1.50. The van der Waals surface area contributed by atoms with E-state index in [1.807, 2.05) is 12.1 Å². The van der Waals surface area contributed by atoms with Crippen molar-refractivity contribution in [1.82, 2.24) is 4.98 Å². The van der Waals surface area contributed by atoms with Gasteiger partial charge in [-0.2, -0.15) is 0 Å². The number of hydrogen-bond acceptors (Lipinski definition) is 4. The van der Waals surface area contributed by atoms with E-state index < -0.39 is 0 Å². The smallest absolute Gasteiger partial charge is 0.126 e. The number of aryl methyl sites for hydroxylation is 1. The quantitative estimate of drug-likeness (QED) is 0.384. The maximum Gasteiger partial charge on any atom is 0.126 e. The normalized spacial score (nSPS) is 13.8. The van der Waals surface area contributed by atoms with Gasteiger partial charge in [-0.1, -0.05) is 55.1 Å². The molecule has 4 nitrogen and oxygen atoms in total. The highest BCUT2D eigenvalue weighted by molar-refractivity contribution is 6.33. The fourth-order valence-corrected chi connectivity index (χ4v) is 4.23. The SMILES string of the molecule is CN.Cc1ccc(-c2cc(NC3CCCCC3)ncc2Cl)cc1NCc1cccc(F)c1. The van der Waals surface area contributed by atoms with Crippen LogP contribution in [-0.2, 0) is 6.54 Å². The second-order valence-electron chi connectivity index (χ2n) is 8.04. The molecule has 0 bridgehead atoms. The molecule has 170 valence electrons. The fourth-order valence-electron chi connectivity index (χ4n) is 4.02. The monoisotopic (exact) mass is 454 g/mol. The summed E-state index contributed by atoms with van der Waals surface area (Å²) >= 11 is 6.50. The van der Waals surface area contributed by atoms with Gasteiger partial charge in [0.1, 0.15) is 11.6 Å². The summed E-state index contributed by atoms with van der Waals surface area (Å²) < 4.78 is 13.5. The molecular formula is C26H32ClFN4. The predicted octanol–water partition coefficient (Wildman–Crippen LogP) is 6.78. The zero-order valence-electron chi connectivity index (χ0n) is 18.8. The minimum atomic E-state index is -0.221. The van der Waals surface area contributed by atoms with Crippen molar-refractivity contribution >= 4 is 23.1 Å². The van der Waals surface area contributed by atoms with Crippen LogP contribution in [0.2, 0.25) is 5.02 Å². The number of rotatable bonds is 6. The molecule has 1 aliphatic rings. The summed E-state index contributed by atoms with van der Waals surface area (Å²) in [6, 6.07) is 15.4. The van der Waals surface area contributed by atoms with Crippen LogP contribution in [0, 0.1) is 12.7 Å². The molecule has 2 aromatic carbocycles. The summed E-state index contributed by atoms with van der Waals surface area (Å²) in [5, 5.41) is 7.63. The van der Waals surface area contributed by atoms with Gasteiger partial charge in [-0.3, -0.25) is 0 Å². The van der Waals surface area contributed by atoms with Crippen molar-refractivity contribution in [2.45, 2.75) is 51.6 Å². The number of nitrogens with zero attached hydrogens (tertiary/aromatic N) is 1. The summed E-state index contributed by atoms with van der Waals surface area (Å²) in [6.45, 7) is 2.61. The predicted molar refractivity (Wildman–Crippen MR) is 134 cm³/mol.